The van der Waals surface area contributed by atoms with Gasteiger partial charge < -0.3 is 15.5 Å². The number of nitrogens with zero attached hydrogens (tertiary/aromatic N) is 1. The summed E-state index contributed by atoms with van der Waals surface area (Å²) in [6.45, 7) is 1.94. The van der Waals surface area contributed by atoms with Gasteiger partial charge in [0, 0.05) is 11.3 Å². The predicted molar refractivity (Wildman–Crippen MR) is 59.7 cm³/mol. The van der Waals surface area contributed by atoms with E-state index in [4.69, 9.17) is 10.5 Å². The van der Waals surface area contributed by atoms with E-state index >= 15 is 0 Å². The summed E-state index contributed by atoms with van der Waals surface area (Å²) in [4.78, 5) is 7.20. The second kappa shape index (κ2) is 3.65. The lowest BCUT2D eigenvalue weighted by atomic mass is 10.1. The van der Waals surface area contributed by atoms with E-state index in [9.17, 15) is 0 Å². The Kier molecular flexibility index (Phi) is 2.33. The van der Waals surface area contributed by atoms with E-state index in [2.05, 4.69) is 9.97 Å². The molecule has 4 nitrogen and oxygen atoms in total. The van der Waals surface area contributed by atoms with Crippen LogP contribution in [0.15, 0.2) is 24.3 Å². The minimum Gasteiger partial charge on any atom is -0.496 e. The van der Waals surface area contributed by atoms with Crippen molar-refractivity contribution >= 4 is 5.95 Å². The fourth-order valence-corrected chi connectivity index (χ4v) is 1.59. The Bertz CT molecular complexity index is 476. The monoisotopic (exact) mass is 203 g/mol. The molecule has 0 fully saturated rings. The molecule has 0 saturated carbocycles. The van der Waals surface area contributed by atoms with Crippen molar-refractivity contribution in [2.45, 2.75) is 6.92 Å². The van der Waals surface area contributed by atoms with E-state index in [0.717, 1.165) is 22.7 Å². The molecule has 0 saturated heterocycles. The topological polar surface area (TPSA) is 63.9 Å². The van der Waals surface area contributed by atoms with Crippen LogP contribution < -0.4 is 10.5 Å². The first-order valence-corrected chi connectivity index (χ1v) is 4.68. The first-order valence-electron chi connectivity index (χ1n) is 4.68. The number of hydrogen-bond acceptors (Lipinski definition) is 3. The summed E-state index contributed by atoms with van der Waals surface area (Å²) in [7, 11) is 1.64. The second-order valence-electron chi connectivity index (χ2n) is 3.30. The fraction of sp³-hybridized carbons (Fsp3) is 0.182. The Balaban J connectivity index is 2.58. The summed E-state index contributed by atoms with van der Waals surface area (Å²) >= 11 is 0. The lowest BCUT2D eigenvalue weighted by molar-refractivity contribution is 0.416. The van der Waals surface area contributed by atoms with E-state index in [0.29, 0.717) is 5.95 Å². The van der Waals surface area contributed by atoms with E-state index in [-0.39, 0.29) is 0 Å². The molecule has 0 atom stereocenters. The Labute approximate surface area is 88.1 Å². The van der Waals surface area contributed by atoms with Crippen LogP contribution in [0, 0.1) is 6.92 Å². The largest absolute Gasteiger partial charge is 0.496 e. The number of aromatic nitrogens is 2. The molecule has 2 rings (SSSR count). The van der Waals surface area contributed by atoms with E-state index < -0.39 is 0 Å². The summed E-state index contributed by atoms with van der Waals surface area (Å²) in [5.41, 5.74) is 8.33. The number of nitrogen functional groups attached to an aromatic ring is 1. The second-order valence-corrected chi connectivity index (χ2v) is 3.30. The Morgan fingerprint density at radius 2 is 2.07 bits per heavy atom. The van der Waals surface area contributed by atoms with Gasteiger partial charge in [-0.3, -0.25) is 0 Å². The number of imidazole rings is 1. The summed E-state index contributed by atoms with van der Waals surface area (Å²) in [6.07, 6.45) is 0. The number of ether oxygens (including phenoxy) is 1. The minimum atomic E-state index is 0.424. The third kappa shape index (κ3) is 1.66. The van der Waals surface area contributed by atoms with Crippen molar-refractivity contribution in [2.24, 2.45) is 0 Å². The first-order chi connectivity index (χ1) is 7.22. The van der Waals surface area contributed by atoms with Gasteiger partial charge in [-0.1, -0.05) is 12.1 Å². The van der Waals surface area contributed by atoms with Crippen LogP contribution in [0.25, 0.3) is 11.3 Å². The summed E-state index contributed by atoms with van der Waals surface area (Å²) in [6, 6.07) is 7.73. The summed E-state index contributed by atoms with van der Waals surface area (Å²) in [5.74, 6) is 1.22. The third-order valence-corrected chi connectivity index (χ3v) is 2.27. The highest BCUT2D eigenvalue weighted by atomic mass is 16.5. The molecule has 1 heterocycles. The van der Waals surface area contributed by atoms with Gasteiger partial charge in [-0.25, -0.2) is 4.98 Å². The van der Waals surface area contributed by atoms with Gasteiger partial charge in [0.15, 0.2) is 5.95 Å². The number of benzene rings is 1. The molecule has 0 amide bonds. The number of H-pyrrole nitrogens is 1. The highest BCUT2D eigenvalue weighted by Gasteiger charge is 2.11. The molecular formula is C11H13N3O. The molecule has 15 heavy (non-hydrogen) atoms. The van der Waals surface area contributed by atoms with Crippen LogP contribution >= 0.6 is 0 Å². The zero-order chi connectivity index (χ0) is 10.8. The Morgan fingerprint density at radius 1 is 1.33 bits per heavy atom. The maximum Gasteiger partial charge on any atom is 0.198 e. The molecule has 2 aromatic rings. The van der Waals surface area contributed by atoms with Crippen molar-refractivity contribution in [3.8, 4) is 17.0 Å². The predicted octanol–water partition coefficient (Wildman–Crippen LogP) is 1.98. The van der Waals surface area contributed by atoms with Crippen LogP contribution in [0.2, 0.25) is 0 Å². The molecule has 1 aromatic heterocycles. The van der Waals surface area contributed by atoms with Crippen molar-refractivity contribution in [1.82, 2.24) is 9.97 Å². The molecule has 1 aromatic carbocycles. The maximum atomic E-state index is 5.60. The van der Waals surface area contributed by atoms with Gasteiger partial charge in [0.1, 0.15) is 5.75 Å². The van der Waals surface area contributed by atoms with Crippen LogP contribution in [-0.4, -0.2) is 17.1 Å². The molecule has 78 valence electrons. The summed E-state index contributed by atoms with van der Waals surface area (Å²) in [5, 5.41) is 0. The molecule has 0 aliphatic heterocycles. The van der Waals surface area contributed by atoms with Gasteiger partial charge in [-0.05, 0) is 19.1 Å². The molecule has 0 aliphatic rings. The standard InChI is InChI=1S/C11H13N3O/c1-7-10(14-11(12)13-7)8-5-3-4-6-9(8)15-2/h3-6H,1-2H3,(H3,12,13,14). The number of hydrogen-bond donors (Lipinski definition) is 2. The van der Waals surface area contributed by atoms with Crippen LogP contribution in [0.3, 0.4) is 0 Å². The van der Waals surface area contributed by atoms with Crippen LogP contribution in [0.5, 0.6) is 5.75 Å². The molecular weight excluding hydrogens is 190 g/mol. The smallest absolute Gasteiger partial charge is 0.198 e. The van der Waals surface area contributed by atoms with Crippen molar-refractivity contribution in [3.63, 3.8) is 0 Å². The van der Waals surface area contributed by atoms with Crippen molar-refractivity contribution in [1.29, 1.82) is 0 Å². The number of para-hydroxylation sites is 1. The third-order valence-electron chi connectivity index (χ3n) is 2.27. The zero-order valence-electron chi connectivity index (χ0n) is 8.74. The van der Waals surface area contributed by atoms with Crippen LogP contribution in [-0.2, 0) is 0 Å². The number of anilines is 1. The lowest BCUT2D eigenvalue weighted by Gasteiger charge is -2.05. The van der Waals surface area contributed by atoms with Crippen LogP contribution in [0.4, 0.5) is 5.95 Å². The zero-order valence-corrected chi connectivity index (χ0v) is 8.74. The number of nitrogens with one attached hydrogen (secondary N) is 1. The Hall–Kier alpha value is -1.97. The molecule has 0 radical (unpaired) electrons. The lowest BCUT2D eigenvalue weighted by Crippen LogP contribution is -1.89. The number of aromatic amines is 1. The number of methoxy groups -OCH3 is 1. The number of nitrogens with two attached hydrogens (primary N) is 1. The molecule has 0 spiro atoms. The quantitative estimate of drug-likeness (QED) is 0.784. The van der Waals surface area contributed by atoms with E-state index in [1.165, 1.54) is 0 Å². The minimum absolute atomic E-state index is 0.424. The van der Waals surface area contributed by atoms with E-state index in [1.54, 1.807) is 7.11 Å². The highest BCUT2D eigenvalue weighted by Crippen LogP contribution is 2.30. The van der Waals surface area contributed by atoms with Gasteiger partial charge in [-0.15, -0.1) is 0 Å². The molecule has 0 aliphatic carbocycles. The van der Waals surface area contributed by atoms with Gasteiger partial charge in [-0.2, -0.15) is 0 Å². The first kappa shape index (κ1) is 9.58. The molecule has 3 N–H and O–H groups in total. The maximum absolute atomic E-state index is 5.60. The van der Waals surface area contributed by atoms with Crippen molar-refractivity contribution < 1.29 is 4.74 Å². The normalized spacial score (nSPS) is 10.3. The number of aryl methyl sites for hydroxylation is 1. The van der Waals surface area contributed by atoms with Gasteiger partial charge in [0.2, 0.25) is 0 Å². The SMILES string of the molecule is COc1ccccc1-c1nc(N)[nH]c1C. The van der Waals surface area contributed by atoms with Gasteiger partial charge >= 0.3 is 0 Å². The van der Waals surface area contributed by atoms with Crippen molar-refractivity contribution in [2.75, 3.05) is 12.8 Å². The number of rotatable bonds is 2. The van der Waals surface area contributed by atoms with E-state index in [1.807, 2.05) is 31.2 Å². The van der Waals surface area contributed by atoms with Crippen LogP contribution in [0.1, 0.15) is 5.69 Å². The average Bonchev–Trinajstić information content (AvgIpc) is 2.57. The van der Waals surface area contributed by atoms with Gasteiger partial charge in [0.05, 0.1) is 12.8 Å². The fourth-order valence-electron chi connectivity index (χ4n) is 1.59. The Morgan fingerprint density at radius 3 is 2.67 bits per heavy atom. The molecule has 4 heteroatoms. The highest BCUT2D eigenvalue weighted by molar-refractivity contribution is 5.70. The van der Waals surface area contributed by atoms with Gasteiger partial charge in [0.25, 0.3) is 0 Å². The summed E-state index contributed by atoms with van der Waals surface area (Å²) < 4.78 is 5.27. The van der Waals surface area contributed by atoms with Crippen molar-refractivity contribution in [3.05, 3.63) is 30.0 Å². The molecule has 0 unspecified atom stereocenters. The average molecular weight is 203 g/mol. The molecule has 0 bridgehead atoms.